The maximum absolute atomic E-state index is 6.04. The van der Waals surface area contributed by atoms with E-state index in [2.05, 4.69) is 40.1 Å². The van der Waals surface area contributed by atoms with Gasteiger partial charge in [0.1, 0.15) is 6.61 Å². The molecule has 3 aromatic carbocycles. The summed E-state index contributed by atoms with van der Waals surface area (Å²) in [5.74, 6) is 1.34. The Labute approximate surface area is 170 Å². The molecular weight excluding hydrogens is 370 g/mol. The van der Waals surface area contributed by atoms with Crippen molar-refractivity contribution < 1.29 is 9.47 Å². The van der Waals surface area contributed by atoms with Gasteiger partial charge in [0.15, 0.2) is 16.6 Å². The fourth-order valence-electron chi connectivity index (χ4n) is 2.82. The molecule has 0 atom stereocenters. The molecule has 0 saturated carbocycles. The number of fused-ring (bicyclic) bond motifs is 1. The van der Waals surface area contributed by atoms with Gasteiger partial charge in [0.25, 0.3) is 0 Å². The Hall–Kier alpha value is -3.12. The molecule has 0 amide bonds. The van der Waals surface area contributed by atoms with Crippen LogP contribution < -0.4 is 20.2 Å². The van der Waals surface area contributed by atoms with Crippen LogP contribution in [-0.4, -0.2) is 25.0 Å². The van der Waals surface area contributed by atoms with Crippen LogP contribution in [0.3, 0.4) is 0 Å². The monoisotopic (exact) mass is 393 g/mol. The molecule has 6 heteroatoms. The van der Waals surface area contributed by atoms with E-state index in [0.29, 0.717) is 23.2 Å². The van der Waals surface area contributed by atoms with Crippen molar-refractivity contribution in [1.82, 2.24) is 10.7 Å². The summed E-state index contributed by atoms with van der Waals surface area (Å²) in [6.07, 6.45) is 1.68. The highest BCUT2D eigenvalue weighted by atomic mass is 32.1. The second-order valence-corrected chi connectivity index (χ2v) is 6.47. The lowest BCUT2D eigenvalue weighted by Gasteiger charge is -2.12. The Bertz CT molecular complexity index is 983. The molecule has 0 aromatic heterocycles. The van der Waals surface area contributed by atoms with Crippen LogP contribution in [0.4, 0.5) is 0 Å². The normalized spacial score (nSPS) is 10.8. The van der Waals surface area contributed by atoms with E-state index in [1.807, 2.05) is 43.3 Å². The van der Waals surface area contributed by atoms with Crippen LogP contribution in [0, 0.1) is 0 Å². The number of rotatable bonds is 7. The number of benzene rings is 3. The number of thiocarbonyl (C=S) groups is 1. The molecule has 0 unspecified atom stereocenters. The third-order valence-corrected chi connectivity index (χ3v) is 4.40. The first kappa shape index (κ1) is 19.6. The SMILES string of the molecule is CCNC(=S)N/N=C\c1ccc(OCc2cccc3ccccc23)c(OC)c1. The van der Waals surface area contributed by atoms with Crippen molar-refractivity contribution in [2.45, 2.75) is 13.5 Å². The summed E-state index contributed by atoms with van der Waals surface area (Å²) in [4.78, 5) is 0. The predicted molar refractivity (Wildman–Crippen MR) is 118 cm³/mol. The Morgan fingerprint density at radius 1 is 1.07 bits per heavy atom. The smallest absolute Gasteiger partial charge is 0.186 e. The minimum atomic E-state index is 0.462. The van der Waals surface area contributed by atoms with Gasteiger partial charge in [-0.25, -0.2) is 0 Å². The Balaban J connectivity index is 1.70. The van der Waals surface area contributed by atoms with E-state index in [1.54, 1.807) is 13.3 Å². The van der Waals surface area contributed by atoms with E-state index in [1.165, 1.54) is 10.8 Å². The summed E-state index contributed by atoms with van der Waals surface area (Å²) >= 11 is 5.07. The highest BCUT2D eigenvalue weighted by Crippen LogP contribution is 2.29. The summed E-state index contributed by atoms with van der Waals surface area (Å²) in [5.41, 5.74) is 4.77. The van der Waals surface area contributed by atoms with Gasteiger partial charge in [0.05, 0.1) is 13.3 Å². The molecule has 0 fully saturated rings. The van der Waals surface area contributed by atoms with E-state index in [9.17, 15) is 0 Å². The number of nitrogens with one attached hydrogen (secondary N) is 2. The topological polar surface area (TPSA) is 54.9 Å². The molecule has 0 saturated heterocycles. The molecule has 5 nitrogen and oxygen atoms in total. The third kappa shape index (κ3) is 4.98. The molecule has 28 heavy (non-hydrogen) atoms. The van der Waals surface area contributed by atoms with Crippen LogP contribution in [0.5, 0.6) is 11.5 Å². The third-order valence-electron chi connectivity index (χ3n) is 4.17. The lowest BCUT2D eigenvalue weighted by atomic mass is 10.1. The summed E-state index contributed by atoms with van der Waals surface area (Å²) in [6, 6.07) is 20.2. The zero-order valence-corrected chi connectivity index (χ0v) is 16.8. The van der Waals surface area contributed by atoms with Crippen molar-refractivity contribution in [2.24, 2.45) is 5.10 Å². The number of hydrazone groups is 1. The van der Waals surface area contributed by atoms with Crippen molar-refractivity contribution >= 4 is 34.3 Å². The summed E-state index contributed by atoms with van der Waals surface area (Å²) in [7, 11) is 1.62. The molecule has 3 rings (SSSR count). The molecule has 144 valence electrons. The van der Waals surface area contributed by atoms with Crippen LogP contribution >= 0.6 is 12.2 Å². The van der Waals surface area contributed by atoms with Crippen molar-refractivity contribution in [2.75, 3.05) is 13.7 Å². The van der Waals surface area contributed by atoms with E-state index >= 15 is 0 Å². The second kappa shape index (κ2) is 9.71. The molecule has 0 radical (unpaired) electrons. The molecule has 0 heterocycles. The van der Waals surface area contributed by atoms with Crippen LogP contribution in [0.25, 0.3) is 10.8 Å². The van der Waals surface area contributed by atoms with E-state index in [0.717, 1.165) is 17.7 Å². The van der Waals surface area contributed by atoms with Crippen LogP contribution in [-0.2, 0) is 6.61 Å². The molecular formula is C22H23N3O2S. The van der Waals surface area contributed by atoms with Gasteiger partial charge >= 0.3 is 0 Å². The van der Waals surface area contributed by atoms with Crippen LogP contribution in [0.1, 0.15) is 18.1 Å². The van der Waals surface area contributed by atoms with Crippen molar-refractivity contribution in [1.29, 1.82) is 0 Å². The highest BCUT2D eigenvalue weighted by molar-refractivity contribution is 7.80. The summed E-state index contributed by atoms with van der Waals surface area (Å²) < 4.78 is 11.5. The van der Waals surface area contributed by atoms with Gasteiger partial charge in [-0.1, -0.05) is 42.5 Å². The molecule has 0 bridgehead atoms. The number of nitrogens with zero attached hydrogens (tertiary/aromatic N) is 1. The van der Waals surface area contributed by atoms with Gasteiger partial charge in [0.2, 0.25) is 0 Å². The quantitative estimate of drug-likeness (QED) is 0.357. The molecule has 0 aliphatic heterocycles. The van der Waals surface area contributed by atoms with Crippen LogP contribution in [0.15, 0.2) is 65.8 Å². The maximum Gasteiger partial charge on any atom is 0.186 e. The number of hydrogen-bond acceptors (Lipinski definition) is 4. The Kier molecular flexibility index (Phi) is 6.81. The van der Waals surface area contributed by atoms with Gasteiger partial charge in [-0.15, -0.1) is 0 Å². The lowest BCUT2D eigenvalue weighted by Crippen LogP contribution is -2.31. The first-order chi connectivity index (χ1) is 13.7. The zero-order chi connectivity index (χ0) is 19.8. The lowest BCUT2D eigenvalue weighted by molar-refractivity contribution is 0.285. The van der Waals surface area contributed by atoms with E-state index in [4.69, 9.17) is 21.7 Å². The largest absolute Gasteiger partial charge is 0.493 e. The van der Waals surface area contributed by atoms with E-state index < -0.39 is 0 Å². The van der Waals surface area contributed by atoms with Gasteiger partial charge in [-0.3, -0.25) is 5.43 Å². The van der Waals surface area contributed by atoms with Crippen molar-refractivity contribution in [3.8, 4) is 11.5 Å². The molecule has 0 aliphatic rings. The summed E-state index contributed by atoms with van der Waals surface area (Å²) in [6.45, 7) is 3.18. The Morgan fingerprint density at radius 2 is 1.89 bits per heavy atom. The fourth-order valence-corrected chi connectivity index (χ4v) is 3.02. The molecule has 2 N–H and O–H groups in total. The van der Waals surface area contributed by atoms with Crippen molar-refractivity contribution in [3.05, 3.63) is 71.8 Å². The number of hydrogen-bond donors (Lipinski definition) is 2. The standard InChI is InChI=1S/C22H23N3O2S/c1-3-23-22(28)25-24-14-16-11-12-20(21(13-16)26-2)27-15-18-9-6-8-17-7-4-5-10-19(17)18/h4-14H,3,15H2,1-2H3,(H2,23,25,28)/b24-14-. The van der Waals surface area contributed by atoms with Gasteiger partial charge in [-0.2, -0.15) is 5.10 Å². The molecule has 3 aromatic rings. The van der Waals surface area contributed by atoms with Gasteiger partial charge < -0.3 is 14.8 Å². The Morgan fingerprint density at radius 3 is 2.71 bits per heavy atom. The number of methoxy groups -OCH3 is 1. The van der Waals surface area contributed by atoms with Gasteiger partial charge in [0, 0.05) is 6.54 Å². The van der Waals surface area contributed by atoms with Crippen LogP contribution in [0.2, 0.25) is 0 Å². The molecule has 0 spiro atoms. The average molecular weight is 394 g/mol. The maximum atomic E-state index is 6.04. The first-order valence-corrected chi connectivity index (χ1v) is 9.46. The van der Waals surface area contributed by atoms with Gasteiger partial charge in [-0.05, 0) is 59.2 Å². The second-order valence-electron chi connectivity index (χ2n) is 6.07. The fraction of sp³-hybridized carbons (Fsp3) is 0.182. The van der Waals surface area contributed by atoms with Crippen molar-refractivity contribution in [3.63, 3.8) is 0 Å². The first-order valence-electron chi connectivity index (χ1n) is 9.05. The highest BCUT2D eigenvalue weighted by Gasteiger charge is 2.07. The number of ether oxygens (including phenoxy) is 2. The molecule has 0 aliphatic carbocycles. The van der Waals surface area contributed by atoms with E-state index in [-0.39, 0.29) is 0 Å². The minimum absolute atomic E-state index is 0.462. The zero-order valence-electron chi connectivity index (χ0n) is 15.9. The summed E-state index contributed by atoms with van der Waals surface area (Å²) in [5, 5.41) is 9.96. The predicted octanol–water partition coefficient (Wildman–Crippen LogP) is 4.25. The average Bonchev–Trinajstić information content (AvgIpc) is 2.72. The minimum Gasteiger partial charge on any atom is -0.493 e.